The molecular weight excluding hydrogens is 316 g/mol. The fourth-order valence-electron chi connectivity index (χ4n) is 2.76. The first-order valence-electron chi connectivity index (χ1n) is 7.26. The molecule has 20 heavy (non-hydrogen) atoms. The highest BCUT2D eigenvalue weighted by atomic mass is 79.9. The fraction of sp³-hybridized carbons (Fsp3) is 0.562. The molecule has 1 saturated carbocycles. The third kappa shape index (κ3) is 3.75. The van der Waals surface area contributed by atoms with Crippen LogP contribution in [0.2, 0.25) is 0 Å². The van der Waals surface area contributed by atoms with Crippen molar-refractivity contribution in [2.24, 2.45) is 5.92 Å². The standard InChI is InChI=1S/C16H23BrN2O/c1-19(2)14-8-5-7-12(10-14)16(20)18-15-9-4-3-6-13(15)11-17/h5,7-8,10,13,15H,3-4,6,9,11H2,1-2H3,(H,18,20). The quantitative estimate of drug-likeness (QED) is 0.853. The molecule has 1 fully saturated rings. The Morgan fingerprint density at radius 3 is 2.80 bits per heavy atom. The lowest BCUT2D eigenvalue weighted by molar-refractivity contribution is 0.0911. The van der Waals surface area contributed by atoms with Crippen molar-refractivity contribution < 1.29 is 4.79 Å². The summed E-state index contributed by atoms with van der Waals surface area (Å²) in [4.78, 5) is 14.4. The summed E-state index contributed by atoms with van der Waals surface area (Å²) in [6.45, 7) is 0. The summed E-state index contributed by atoms with van der Waals surface area (Å²) in [6, 6.07) is 8.08. The minimum absolute atomic E-state index is 0.0477. The van der Waals surface area contributed by atoms with Crippen LogP contribution in [0.5, 0.6) is 0 Å². The molecule has 1 aliphatic rings. The first-order chi connectivity index (χ1) is 9.61. The highest BCUT2D eigenvalue weighted by Crippen LogP contribution is 2.26. The second kappa shape index (κ2) is 7.11. The van der Waals surface area contributed by atoms with Gasteiger partial charge in [0.1, 0.15) is 0 Å². The van der Waals surface area contributed by atoms with E-state index in [2.05, 4.69) is 21.2 Å². The zero-order valence-electron chi connectivity index (χ0n) is 12.2. The topological polar surface area (TPSA) is 32.3 Å². The molecule has 4 heteroatoms. The molecule has 2 rings (SSSR count). The van der Waals surface area contributed by atoms with Crippen LogP contribution in [0.15, 0.2) is 24.3 Å². The molecule has 0 aromatic heterocycles. The zero-order chi connectivity index (χ0) is 14.5. The van der Waals surface area contributed by atoms with Crippen LogP contribution in [-0.2, 0) is 0 Å². The predicted molar refractivity (Wildman–Crippen MR) is 87.8 cm³/mol. The van der Waals surface area contributed by atoms with E-state index in [0.717, 1.165) is 23.0 Å². The highest BCUT2D eigenvalue weighted by Gasteiger charge is 2.25. The number of rotatable bonds is 4. The Balaban J connectivity index is 2.05. The van der Waals surface area contributed by atoms with Crippen LogP contribution in [-0.4, -0.2) is 31.4 Å². The van der Waals surface area contributed by atoms with Gasteiger partial charge in [-0.15, -0.1) is 0 Å². The predicted octanol–water partition coefficient (Wildman–Crippen LogP) is 3.44. The molecule has 1 aromatic rings. The van der Waals surface area contributed by atoms with Gasteiger partial charge in [0.05, 0.1) is 0 Å². The summed E-state index contributed by atoms with van der Waals surface area (Å²) in [6.07, 6.45) is 4.79. The first kappa shape index (κ1) is 15.4. The Labute approximate surface area is 129 Å². The van der Waals surface area contributed by atoms with E-state index >= 15 is 0 Å². The molecule has 3 nitrogen and oxygen atoms in total. The molecule has 1 aliphatic carbocycles. The van der Waals surface area contributed by atoms with Gasteiger partial charge in [-0.2, -0.15) is 0 Å². The number of benzene rings is 1. The largest absolute Gasteiger partial charge is 0.378 e. The van der Waals surface area contributed by atoms with Gasteiger partial charge in [-0.25, -0.2) is 0 Å². The number of alkyl halides is 1. The van der Waals surface area contributed by atoms with Crippen molar-refractivity contribution in [3.63, 3.8) is 0 Å². The molecule has 0 aliphatic heterocycles. The van der Waals surface area contributed by atoms with Gasteiger partial charge in [-0.05, 0) is 37.0 Å². The van der Waals surface area contributed by atoms with Crippen molar-refractivity contribution >= 4 is 27.5 Å². The number of carbonyl (C=O) groups excluding carboxylic acids is 1. The normalized spacial score (nSPS) is 22.4. The Hall–Kier alpha value is -1.03. The molecule has 2 atom stereocenters. The average Bonchev–Trinajstić information content (AvgIpc) is 2.48. The van der Waals surface area contributed by atoms with Gasteiger partial charge < -0.3 is 10.2 Å². The maximum atomic E-state index is 12.4. The van der Waals surface area contributed by atoms with E-state index in [1.54, 1.807) is 0 Å². The highest BCUT2D eigenvalue weighted by molar-refractivity contribution is 9.09. The number of halogens is 1. The van der Waals surface area contributed by atoms with Gasteiger partial charge in [0.2, 0.25) is 0 Å². The van der Waals surface area contributed by atoms with E-state index in [1.165, 1.54) is 19.3 Å². The number of nitrogens with one attached hydrogen (secondary N) is 1. The molecule has 0 saturated heterocycles. The van der Waals surface area contributed by atoms with Crippen LogP contribution in [0.4, 0.5) is 5.69 Å². The summed E-state index contributed by atoms with van der Waals surface area (Å²) in [5.41, 5.74) is 1.80. The third-order valence-electron chi connectivity index (χ3n) is 4.05. The Kier molecular flexibility index (Phi) is 5.46. The molecule has 110 valence electrons. The van der Waals surface area contributed by atoms with Crippen LogP contribution >= 0.6 is 15.9 Å². The Bertz CT molecular complexity index is 462. The lowest BCUT2D eigenvalue weighted by Gasteiger charge is -2.31. The molecule has 0 radical (unpaired) electrons. The van der Waals surface area contributed by atoms with Gasteiger partial charge in [0.25, 0.3) is 5.91 Å². The number of hydrogen-bond donors (Lipinski definition) is 1. The molecule has 1 aromatic carbocycles. The molecule has 0 bridgehead atoms. The number of carbonyl (C=O) groups is 1. The average molecular weight is 339 g/mol. The molecular formula is C16H23BrN2O. The fourth-order valence-corrected chi connectivity index (χ4v) is 3.53. The van der Waals surface area contributed by atoms with Gasteiger partial charge >= 0.3 is 0 Å². The lowest BCUT2D eigenvalue weighted by Crippen LogP contribution is -2.42. The van der Waals surface area contributed by atoms with Crippen molar-refractivity contribution in [2.45, 2.75) is 31.7 Å². The maximum Gasteiger partial charge on any atom is 0.251 e. The van der Waals surface area contributed by atoms with Crippen LogP contribution in [0.1, 0.15) is 36.0 Å². The summed E-state index contributed by atoms with van der Waals surface area (Å²) < 4.78 is 0. The second-order valence-electron chi connectivity index (χ2n) is 5.72. The second-order valence-corrected chi connectivity index (χ2v) is 6.37. The smallest absolute Gasteiger partial charge is 0.251 e. The summed E-state index contributed by atoms with van der Waals surface area (Å²) in [5.74, 6) is 0.608. The van der Waals surface area contributed by atoms with E-state index in [-0.39, 0.29) is 5.91 Å². The Morgan fingerprint density at radius 2 is 2.10 bits per heavy atom. The van der Waals surface area contributed by atoms with Crippen LogP contribution in [0.25, 0.3) is 0 Å². The summed E-state index contributed by atoms with van der Waals surface area (Å²) in [5, 5.41) is 4.18. The van der Waals surface area contributed by atoms with Crippen molar-refractivity contribution in [3.8, 4) is 0 Å². The van der Waals surface area contributed by atoms with Crippen molar-refractivity contribution in [1.29, 1.82) is 0 Å². The van der Waals surface area contributed by atoms with Gasteiger partial charge in [0.15, 0.2) is 0 Å². The molecule has 1 amide bonds. The third-order valence-corrected chi connectivity index (χ3v) is 4.88. The van der Waals surface area contributed by atoms with E-state index in [0.29, 0.717) is 12.0 Å². The SMILES string of the molecule is CN(C)c1cccc(C(=O)NC2CCCCC2CBr)c1. The van der Waals surface area contributed by atoms with E-state index in [9.17, 15) is 4.79 Å². The van der Waals surface area contributed by atoms with Crippen molar-refractivity contribution in [2.75, 3.05) is 24.3 Å². The number of anilines is 1. The van der Waals surface area contributed by atoms with Gasteiger partial charge in [-0.1, -0.05) is 34.8 Å². The summed E-state index contributed by atoms with van der Waals surface area (Å²) in [7, 11) is 3.97. The zero-order valence-corrected chi connectivity index (χ0v) is 13.8. The van der Waals surface area contributed by atoms with Crippen molar-refractivity contribution in [1.82, 2.24) is 5.32 Å². The molecule has 0 spiro atoms. The van der Waals surface area contributed by atoms with Gasteiger partial charge in [-0.3, -0.25) is 4.79 Å². The van der Waals surface area contributed by atoms with Crippen LogP contribution in [0, 0.1) is 5.92 Å². The molecule has 1 N–H and O–H groups in total. The van der Waals surface area contributed by atoms with E-state index < -0.39 is 0 Å². The first-order valence-corrected chi connectivity index (χ1v) is 8.38. The summed E-state index contributed by atoms with van der Waals surface area (Å²) >= 11 is 3.57. The number of nitrogens with zero attached hydrogens (tertiary/aromatic N) is 1. The maximum absolute atomic E-state index is 12.4. The van der Waals surface area contributed by atoms with Crippen LogP contribution < -0.4 is 10.2 Å². The molecule has 0 heterocycles. The monoisotopic (exact) mass is 338 g/mol. The number of amides is 1. The lowest BCUT2D eigenvalue weighted by atomic mass is 9.86. The minimum Gasteiger partial charge on any atom is -0.378 e. The number of hydrogen-bond acceptors (Lipinski definition) is 2. The van der Waals surface area contributed by atoms with Gasteiger partial charge in [0, 0.05) is 36.7 Å². The van der Waals surface area contributed by atoms with E-state index in [1.807, 2.05) is 43.3 Å². The Morgan fingerprint density at radius 1 is 1.35 bits per heavy atom. The molecule has 2 unspecified atom stereocenters. The van der Waals surface area contributed by atoms with E-state index in [4.69, 9.17) is 0 Å². The van der Waals surface area contributed by atoms with Crippen molar-refractivity contribution in [3.05, 3.63) is 29.8 Å². The minimum atomic E-state index is 0.0477. The van der Waals surface area contributed by atoms with Crippen LogP contribution in [0.3, 0.4) is 0 Å².